The molecule has 1 N–H and O–H groups in total. The lowest BCUT2D eigenvalue weighted by atomic mass is 10.2. The van der Waals surface area contributed by atoms with E-state index in [0.717, 1.165) is 22.7 Å². The Bertz CT molecular complexity index is 1120. The van der Waals surface area contributed by atoms with Crippen LogP contribution < -0.4 is 10.1 Å². The first-order chi connectivity index (χ1) is 13.6. The number of nitrogens with zero attached hydrogens (tertiary/aromatic N) is 4. The number of ether oxygens (including phenoxy) is 1. The summed E-state index contributed by atoms with van der Waals surface area (Å²) in [7, 11) is 0. The minimum Gasteiger partial charge on any atom is -0.489 e. The van der Waals surface area contributed by atoms with Crippen LogP contribution in [-0.2, 0) is 6.61 Å². The maximum Gasteiger partial charge on any atom is 0.295 e. The van der Waals surface area contributed by atoms with Crippen molar-refractivity contribution in [2.45, 2.75) is 20.5 Å². The van der Waals surface area contributed by atoms with E-state index < -0.39 is 0 Å². The molecule has 140 valence electrons. The van der Waals surface area contributed by atoms with Crippen LogP contribution in [-0.4, -0.2) is 25.5 Å². The highest BCUT2D eigenvalue weighted by atomic mass is 16.5. The number of nitrogens with one attached hydrogen (secondary N) is 1. The molecule has 0 fully saturated rings. The van der Waals surface area contributed by atoms with Crippen molar-refractivity contribution in [3.05, 3.63) is 83.4 Å². The molecule has 0 saturated carbocycles. The highest BCUT2D eigenvalue weighted by Gasteiger charge is 2.15. The molecule has 7 heteroatoms. The van der Waals surface area contributed by atoms with Crippen LogP contribution in [0.15, 0.2) is 60.7 Å². The number of carbonyl (C=O) groups excluding carboxylic acids is 1. The lowest BCUT2D eigenvalue weighted by Crippen LogP contribution is -2.14. The standard InChI is InChI=1S/C21H19N5O2/c1-14-12-15(2)26-21(22-14)24-19(25-26)20(27)23-17-8-10-18(11-9-17)28-13-16-6-4-3-5-7-16/h3-12H,13H2,1-2H3,(H,23,27). The summed E-state index contributed by atoms with van der Waals surface area (Å²) in [6.45, 7) is 4.26. The first kappa shape index (κ1) is 17.7. The van der Waals surface area contributed by atoms with Crippen LogP contribution in [0.4, 0.5) is 5.69 Å². The van der Waals surface area contributed by atoms with Gasteiger partial charge in [0.15, 0.2) is 0 Å². The van der Waals surface area contributed by atoms with Crippen LogP contribution in [0.2, 0.25) is 0 Å². The Kier molecular flexibility index (Phi) is 4.72. The van der Waals surface area contributed by atoms with Crippen LogP contribution in [0.3, 0.4) is 0 Å². The lowest BCUT2D eigenvalue weighted by molar-refractivity contribution is 0.101. The Morgan fingerprint density at radius 2 is 1.79 bits per heavy atom. The zero-order valence-corrected chi connectivity index (χ0v) is 15.6. The number of rotatable bonds is 5. The molecule has 0 spiro atoms. The molecule has 1 amide bonds. The van der Waals surface area contributed by atoms with Gasteiger partial charge in [-0.1, -0.05) is 30.3 Å². The average Bonchev–Trinajstić information content (AvgIpc) is 3.13. The molecule has 4 rings (SSSR count). The zero-order chi connectivity index (χ0) is 19.5. The molecule has 4 aromatic rings. The number of aryl methyl sites for hydroxylation is 2. The van der Waals surface area contributed by atoms with Crippen LogP contribution in [0.1, 0.15) is 27.6 Å². The summed E-state index contributed by atoms with van der Waals surface area (Å²) >= 11 is 0. The number of aromatic nitrogens is 4. The summed E-state index contributed by atoms with van der Waals surface area (Å²) in [5, 5.41) is 7.03. The number of amides is 1. The fourth-order valence-corrected chi connectivity index (χ4v) is 2.82. The van der Waals surface area contributed by atoms with E-state index in [9.17, 15) is 4.79 Å². The number of hydrogen-bond acceptors (Lipinski definition) is 5. The van der Waals surface area contributed by atoms with Crippen LogP contribution in [0.25, 0.3) is 5.78 Å². The average molecular weight is 373 g/mol. The first-order valence-electron chi connectivity index (χ1n) is 8.88. The molecule has 2 heterocycles. The second kappa shape index (κ2) is 7.48. The smallest absolute Gasteiger partial charge is 0.295 e. The van der Waals surface area contributed by atoms with Gasteiger partial charge in [0, 0.05) is 17.1 Å². The maximum absolute atomic E-state index is 12.5. The fourth-order valence-electron chi connectivity index (χ4n) is 2.82. The largest absolute Gasteiger partial charge is 0.489 e. The summed E-state index contributed by atoms with van der Waals surface area (Å²) in [5.74, 6) is 0.821. The normalized spacial score (nSPS) is 10.8. The van der Waals surface area contributed by atoms with E-state index in [-0.39, 0.29) is 11.7 Å². The van der Waals surface area contributed by atoms with Crippen molar-refractivity contribution >= 4 is 17.4 Å². The van der Waals surface area contributed by atoms with Crippen LogP contribution >= 0.6 is 0 Å². The van der Waals surface area contributed by atoms with Crippen LogP contribution in [0, 0.1) is 13.8 Å². The van der Waals surface area contributed by atoms with Gasteiger partial charge in [-0.3, -0.25) is 4.79 Å². The summed E-state index contributed by atoms with van der Waals surface area (Å²) in [6, 6.07) is 19.0. The highest BCUT2D eigenvalue weighted by Crippen LogP contribution is 2.17. The molecule has 2 aromatic heterocycles. The number of benzene rings is 2. The third kappa shape index (κ3) is 3.83. The molecular weight excluding hydrogens is 354 g/mol. The van der Waals surface area contributed by atoms with Gasteiger partial charge in [-0.2, -0.15) is 4.98 Å². The second-order valence-corrected chi connectivity index (χ2v) is 6.44. The van der Waals surface area contributed by atoms with Crippen LogP contribution in [0.5, 0.6) is 5.75 Å². The molecule has 0 aliphatic carbocycles. The maximum atomic E-state index is 12.5. The van der Waals surface area contributed by atoms with Gasteiger partial charge in [-0.15, -0.1) is 5.10 Å². The van der Waals surface area contributed by atoms with E-state index in [2.05, 4.69) is 20.4 Å². The van der Waals surface area contributed by atoms with Gasteiger partial charge in [0.1, 0.15) is 12.4 Å². The first-order valence-corrected chi connectivity index (χ1v) is 8.88. The summed E-state index contributed by atoms with van der Waals surface area (Å²) < 4.78 is 7.31. The Hall–Kier alpha value is -3.74. The Morgan fingerprint density at radius 1 is 1.04 bits per heavy atom. The van der Waals surface area contributed by atoms with Crippen molar-refractivity contribution in [2.75, 3.05) is 5.32 Å². The molecule has 28 heavy (non-hydrogen) atoms. The molecule has 0 bridgehead atoms. The third-order valence-corrected chi connectivity index (χ3v) is 4.18. The van der Waals surface area contributed by atoms with Gasteiger partial charge in [-0.05, 0) is 49.7 Å². The number of hydrogen-bond donors (Lipinski definition) is 1. The van der Waals surface area contributed by atoms with E-state index in [4.69, 9.17) is 4.74 Å². The lowest BCUT2D eigenvalue weighted by Gasteiger charge is -2.07. The molecule has 7 nitrogen and oxygen atoms in total. The van der Waals surface area contributed by atoms with Gasteiger partial charge < -0.3 is 10.1 Å². The molecule has 0 aliphatic rings. The van der Waals surface area contributed by atoms with Crippen molar-refractivity contribution < 1.29 is 9.53 Å². The summed E-state index contributed by atoms with van der Waals surface area (Å²) in [4.78, 5) is 21.0. The topological polar surface area (TPSA) is 81.4 Å². The van der Waals surface area contributed by atoms with Crippen molar-refractivity contribution in [3.8, 4) is 5.75 Å². The van der Waals surface area contributed by atoms with Crippen molar-refractivity contribution in [1.29, 1.82) is 0 Å². The SMILES string of the molecule is Cc1cc(C)n2nc(C(=O)Nc3ccc(OCc4ccccc4)cc3)nc2n1. The van der Waals surface area contributed by atoms with Crippen molar-refractivity contribution in [1.82, 2.24) is 19.6 Å². The predicted octanol–water partition coefficient (Wildman–Crippen LogP) is 3.57. The van der Waals surface area contributed by atoms with Gasteiger partial charge in [0.25, 0.3) is 11.7 Å². The monoisotopic (exact) mass is 373 g/mol. The van der Waals surface area contributed by atoms with E-state index in [1.807, 2.05) is 62.4 Å². The van der Waals surface area contributed by atoms with Gasteiger partial charge in [0.2, 0.25) is 5.82 Å². The van der Waals surface area contributed by atoms with Gasteiger partial charge >= 0.3 is 0 Å². The minimum atomic E-state index is -0.388. The fraction of sp³-hybridized carbons (Fsp3) is 0.143. The van der Waals surface area contributed by atoms with Gasteiger partial charge in [0.05, 0.1) is 0 Å². The number of anilines is 1. The van der Waals surface area contributed by atoms with Crippen molar-refractivity contribution in [2.24, 2.45) is 0 Å². The number of fused-ring (bicyclic) bond motifs is 1. The van der Waals surface area contributed by atoms with Crippen molar-refractivity contribution in [3.63, 3.8) is 0 Å². The third-order valence-electron chi connectivity index (χ3n) is 4.18. The molecule has 0 radical (unpaired) electrons. The van der Waals surface area contributed by atoms with E-state index in [0.29, 0.717) is 18.1 Å². The number of carbonyl (C=O) groups is 1. The Morgan fingerprint density at radius 3 is 2.54 bits per heavy atom. The molecule has 2 aromatic carbocycles. The van der Waals surface area contributed by atoms with E-state index in [1.54, 1.807) is 16.6 Å². The minimum absolute atomic E-state index is 0.0746. The Balaban J connectivity index is 1.42. The molecule has 0 unspecified atom stereocenters. The molecule has 0 aliphatic heterocycles. The summed E-state index contributed by atoms with van der Waals surface area (Å²) in [5.41, 5.74) is 3.43. The quantitative estimate of drug-likeness (QED) is 0.578. The highest BCUT2D eigenvalue weighted by molar-refractivity contribution is 6.01. The summed E-state index contributed by atoms with van der Waals surface area (Å²) in [6.07, 6.45) is 0. The predicted molar refractivity (Wildman–Crippen MR) is 105 cm³/mol. The van der Waals surface area contributed by atoms with E-state index in [1.165, 1.54) is 0 Å². The molecule has 0 saturated heterocycles. The van der Waals surface area contributed by atoms with Gasteiger partial charge in [-0.25, -0.2) is 9.50 Å². The van der Waals surface area contributed by atoms with E-state index >= 15 is 0 Å². The Labute approximate surface area is 162 Å². The zero-order valence-electron chi connectivity index (χ0n) is 15.6. The molecular formula is C21H19N5O2. The molecule has 0 atom stereocenters. The second-order valence-electron chi connectivity index (χ2n) is 6.44.